The fraction of sp³-hybridized carbons (Fsp3) is 0.333. The molecular formula is C21H26N2O5. The Hall–Kier alpha value is -2.90. The van der Waals surface area contributed by atoms with Crippen LogP contribution in [0.3, 0.4) is 0 Å². The summed E-state index contributed by atoms with van der Waals surface area (Å²) < 4.78 is 15.3. The zero-order valence-corrected chi connectivity index (χ0v) is 16.1. The van der Waals surface area contributed by atoms with E-state index >= 15 is 0 Å². The monoisotopic (exact) mass is 386 g/mol. The molecule has 2 N–H and O–H groups in total. The van der Waals surface area contributed by atoms with Gasteiger partial charge < -0.3 is 24.8 Å². The summed E-state index contributed by atoms with van der Waals surface area (Å²) in [5.74, 6) is -0.348. The smallest absolute Gasteiger partial charge is 0.408 e. The van der Waals surface area contributed by atoms with E-state index in [0.717, 1.165) is 16.7 Å². The van der Waals surface area contributed by atoms with Crippen LogP contribution in [0.5, 0.6) is 0 Å². The number of alkyl carbamates (subject to hydrolysis) is 1. The molecule has 0 aromatic heterocycles. The number of benzene rings is 2. The third-order valence-electron chi connectivity index (χ3n) is 3.96. The standard InChI is InChI=1S/C21H26N2O5/c1-26-13-18-10-8-16(9-11-18)12-22-20(24)19(15-27-2)23-21(25)28-14-17-6-4-3-5-7-17/h3-11,19H,12-15H2,1-2H3,(H,22,24)(H,23,25)/t19-/m1/s1. The van der Waals surface area contributed by atoms with Crippen molar-refractivity contribution >= 4 is 12.0 Å². The Kier molecular flexibility index (Phi) is 8.97. The first-order valence-corrected chi connectivity index (χ1v) is 8.93. The van der Waals surface area contributed by atoms with Crippen LogP contribution in [0, 0.1) is 0 Å². The highest BCUT2D eigenvalue weighted by Gasteiger charge is 2.21. The molecule has 0 aliphatic heterocycles. The largest absolute Gasteiger partial charge is 0.445 e. The van der Waals surface area contributed by atoms with Gasteiger partial charge in [0.25, 0.3) is 0 Å². The highest BCUT2D eigenvalue weighted by molar-refractivity contribution is 5.85. The fourth-order valence-electron chi connectivity index (χ4n) is 2.49. The fourth-order valence-corrected chi connectivity index (χ4v) is 2.49. The number of nitrogens with one attached hydrogen (secondary N) is 2. The zero-order valence-electron chi connectivity index (χ0n) is 16.1. The van der Waals surface area contributed by atoms with E-state index in [1.165, 1.54) is 7.11 Å². The molecule has 0 spiro atoms. The third kappa shape index (κ3) is 7.38. The summed E-state index contributed by atoms with van der Waals surface area (Å²) >= 11 is 0. The molecule has 0 radical (unpaired) electrons. The second kappa shape index (κ2) is 11.7. The van der Waals surface area contributed by atoms with E-state index < -0.39 is 12.1 Å². The molecule has 7 nitrogen and oxygen atoms in total. The van der Waals surface area contributed by atoms with Crippen LogP contribution in [0.4, 0.5) is 4.79 Å². The van der Waals surface area contributed by atoms with Crippen LogP contribution in [0.25, 0.3) is 0 Å². The number of rotatable bonds is 10. The van der Waals surface area contributed by atoms with Crippen molar-refractivity contribution in [1.82, 2.24) is 10.6 Å². The van der Waals surface area contributed by atoms with E-state index in [-0.39, 0.29) is 19.1 Å². The van der Waals surface area contributed by atoms with Crippen molar-refractivity contribution < 1.29 is 23.8 Å². The lowest BCUT2D eigenvalue weighted by atomic mass is 10.1. The van der Waals surface area contributed by atoms with Gasteiger partial charge in [-0.1, -0.05) is 54.6 Å². The molecular weight excluding hydrogens is 360 g/mol. The summed E-state index contributed by atoms with van der Waals surface area (Å²) in [6.07, 6.45) is -0.676. The van der Waals surface area contributed by atoms with Gasteiger partial charge in [-0.05, 0) is 16.7 Å². The highest BCUT2D eigenvalue weighted by Crippen LogP contribution is 2.06. The lowest BCUT2D eigenvalue weighted by Gasteiger charge is -2.17. The predicted octanol–water partition coefficient (Wildman–Crippen LogP) is 2.39. The lowest BCUT2D eigenvalue weighted by Crippen LogP contribution is -2.49. The molecule has 2 rings (SSSR count). The quantitative estimate of drug-likeness (QED) is 0.655. The van der Waals surface area contributed by atoms with Crippen LogP contribution in [0.1, 0.15) is 16.7 Å². The molecule has 2 amide bonds. The maximum Gasteiger partial charge on any atom is 0.408 e. The first kappa shape index (κ1) is 21.4. The van der Waals surface area contributed by atoms with Crippen molar-refractivity contribution in [2.75, 3.05) is 20.8 Å². The van der Waals surface area contributed by atoms with Gasteiger partial charge in [-0.3, -0.25) is 4.79 Å². The number of ether oxygens (including phenoxy) is 3. The van der Waals surface area contributed by atoms with Crippen LogP contribution in [0.2, 0.25) is 0 Å². The summed E-state index contributed by atoms with van der Waals surface area (Å²) in [5, 5.41) is 5.33. The van der Waals surface area contributed by atoms with Crippen molar-refractivity contribution in [2.45, 2.75) is 25.8 Å². The highest BCUT2D eigenvalue weighted by atomic mass is 16.5. The predicted molar refractivity (Wildman–Crippen MR) is 104 cm³/mol. The molecule has 0 fully saturated rings. The van der Waals surface area contributed by atoms with Gasteiger partial charge in [-0.15, -0.1) is 0 Å². The second-order valence-corrected chi connectivity index (χ2v) is 6.18. The molecule has 28 heavy (non-hydrogen) atoms. The van der Waals surface area contributed by atoms with Crippen LogP contribution >= 0.6 is 0 Å². The molecule has 2 aromatic rings. The number of hydrogen-bond acceptors (Lipinski definition) is 5. The molecule has 0 unspecified atom stereocenters. The average Bonchev–Trinajstić information content (AvgIpc) is 2.72. The van der Waals surface area contributed by atoms with Crippen LogP contribution in [-0.4, -0.2) is 38.9 Å². The van der Waals surface area contributed by atoms with Crippen LogP contribution in [-0.2, 0) is 38.8 Å². The number of carbonyl (C=O) groups is 2. The Morgan fingerprint density at radius 3 is 2.14 bits per heavy atom. The molecule has 0 saturated heterocycles. The topological polar surface area (TPSA) is 85.9 Å². The molecule has 0 aliphatic carbocycles. The van der Waals surface area contributed by atoms with E-state index in [2.05, 4.69) is 10.6 Å². The van der Waals surface area contributed by atoms with Crippen molar-refractivity contribution in [3.05, 3.63) is 71.3 Å². The van der Waals surface area contributed by atoms with Gasteiger partial charge in [0.1, 0.15) is 12.6 Å². The maximum absolute atomic E-state index is 12.4. The van der Waals surface area contributed by atoms with Gasteiger partial charge in [0.05, 0.1) is 13.2 Å². The number of carbonyl (C=O) groups excluding carboxylic acids is 2. The summed E-state index contributed by atoms with van der Waals surface area (Å²) in [6, 6.07) is 16.2. The Morgan fingerprint density at radius 1 is 0.857 bits per heavy atom. The van der Waals surface area contributed by atoms with Gasteiger partial charge in [0.15, 0.2) is 0 Å². The van der Waals surface area contributed by atoms with E-state index in [4.69, 9.17) is 14.2 Å². The molecule has 1 atom stereocenters. The molecule has 7 heteroatoms. The number of amides is 2. The third-order valence-corrected chi connectivity index (χ3v) is 3.96. The van der Waals surface area contributed by atoms with Gasteiger partial charge in [-0.25, -0.2) is 4.79 Å². The Bertz CT molecular complexity index is 734. The normalized spacial score (nSPS) is 11.5. The van der Waals surface area contributed by atoms with Gasteiger partial charge in [-0.2, -0.15) is 0 Å². The Labute approximate surface area is 165 Å². The summed E-state index contributed by atoms with van der Waals surface area (Å²) in [4.78, 5) is 24.4. The first-order valence-electron chi connectivity index (χ1n) is 8.93. The van der Waals surface area contributed by atoms with Crippen molar-refractivity contribution in [3.63, 3.8) is 0 Å². The van der Waals surface area contributed by atoms with Gasteiger partial charge >= 0.3 is 6.09 Å². The average molecular weight is 386 g/mol. The molecule has 0 saturated carbocycles. The van der Waals surface area contributed by atoms with E-state index in [1.807, 2.05) is 54.6 Å². The Balaban J connectivity index is 1.82. The Morgan fingerprint density at radius 2 is 1.50 bits per heavy atom. The van der Waals surface area contributed by atoms with E-state index in [0.29, 0.717) is 13.2 Å². The van der Waals surface area contributed by atoms with Crippen molar-refractivity contribution in [1.29, 1.82) is 0 Å². The number of methoxy groups -OCH3 is 2. The molecule has 0 bridgehead atoms. The minimum absolute atomic E-state index is 0.0407. The first-order chi connectivity index (χ1) is 13.6. The van der Waals surface area contributed by atoms with E-state index in [1.54, 1.807) is 7.11 Å². The molecule has 0 aliphatic rings. The van der Waals surface area contributed by atoms with Gasteiger partial charge in [0.2, 0.25) is 5.91 Å². The van der Waals surface area contributed by atoms with E-state index in [9.17, 15) is 9.59 Å². The minimum atomic E-state index is -0.846. The van der Waals surface area contributed by atoms with Crippen molar-refractivity contribution in [2.24, 2.45) is 0 Å². The SMILES string of the molecule is COCc1ccc(CNC(=O)[C@@H](COC)NC(=O)OCc2ccccc2)cc1. The zero-order chi connectivity index (χ0) is 20.2. The van der Waals surface area contributed by atoms with Crippen molar-refractivity contribution in [3.8, 4) is 0 Å². The molecule has 2 aromatic carbocycles. The van der Waals surface area contributed by atoms with Gasteiger partial charge in [0, 0.05) is 20.8 Å². The minimum Gasteiger partial charge on any atom is -0.445 e. The summed E-state index contributed by atoms with van der Waals surface area (Å²) in [6.45, 7) is 1.05. The summed E-state index contributed by atoms with van der Waals surface area (Å²) in [7, 11) is 3.10. The van der Waals surface area contributed by atoms with Crippen LogP contribution in [0.15, 0.2) is 54.6 Å². The lowest BCUT2D eigenvalue weighted by molar-refractivity contribution is -0.124. The second-order valence-electron chi connectivity index (χ2n) is 6.18. The molecule has 0 heterocycles. The maximum atomic E-state index is 12.4. The number of hydrogen-bond donors (Lipinski definition) is 2. The van der Waals surface area contributed by atoms with Crippen LogP contribution < -0.4 is 10.6 Å². The summed E-state index contributed by atoms with van der Waals surface area (Å²) in [5.41, 5.74) is 2.86. The molecule has 150 valence electrons.